The summed E-state index contributed by atoms with van der Waals surface area (Å²) in [5.41, 5.74) is 6.13. The van der Waals surface area contributed by atoms with Crippen LogP contribution in [0.15, 0.2) is 0 Å². The average Bonchev–Trinajstić information content (AvgIpc) is 3.00. The first-order chi connectivity index (χ1) is 9.94. The first kappa shape index (κ1) is 15.5. The Morgan fingerprint density at radius 1 is 1.05 bits per heavy atom. The standard InChI is InChI=1S/C14H25F3N4/c15-14(16,17)11-19-6-8-21(9-7-19)13(10-18)3-5-20-4-1-2-12(13)20/h12H,1-11,18H2. The first-order valence-electron chi connectivity index (χ1n) is 7.93. The molecule has 4 nitrogen and oxygen atoms in total. The van der Waals surface area contributed by atoms with E-state index in [0.29, 0.717) is 38.8 Å². The third-order valence-electron chi connectivity index (χ3n) is 5.57. The molecule has 0 saturated carbocycles. The number of fused-ring (bicyclic) bond motifs is 1. The van der Waals surface area contributed by atoms with Crippen molar-refractivity contribution >= 4 is 0 Å². The zero-order valence-corrected chi connectivity index (χ0v) is 12.4. The van der Waals surface area contributed by atoms with Gasteiger partial charge in [0.25, 0.3) is 0 Å². The van der Waals surface area contributed by atoms with Crippen molar-refractivity contribution in [1.82, 2.24) is 14.7 Å². The molecule has 0 aromatic heterocycles. The molecule has 3 saturated heterocycles. The van der Waals surface area contributed by atoms with E-state index in [2.05, 4.69) is 9.80 Å². The molecule has 2 N–H and O–H groups in total. The van der Waals surface area contributed by atoms with E-state index >= 15 is 0 Å². The fraction of sp³-hybridized carbons (Fsp3) is 1.00. The van der Waals surface area contributed by atoms with Crippen LogP contribution in [-0.2, 0) is 0 Å². The van der Waals surface area contributed by atoms with Crippen molar-refractivity contribution in [2.24, 2.45) is 5.73 Å². The average molecular weight is 306 g/mol. The first-order valence-corrected chi connectivity index (χ1v) is 7.93. The lowest BCUT2D eigenvalue weighted by molar-refractivity contribution is -0.151. The summed E-state index contributed by atoms with van der Waals surface area (Å²) >= 11 is 0. The van der Waals surface area contributed by atoms with E-state index in [1.54, 1.807) is 0 Å². The number of hydrogen-bond acceptors (Lipinski definition) is 4. The Bertz CT molecular complexity index is 368. The summed E-state index contributed by atoms with van der Waals surface area (Å²) in [6.07, 6.45) is -0.628. The van der Waals surface area contributed by atoms with Gasteiger partial charge in [-0.15, -0.1) is 0 Å². The van der Waals surface area contributed by atoms with Crippen LogP contribution in [0, 0.1) is 0 Å². The van der Waals surface area contributed by atoms with E-state index in [4.69, 9.17) is 5.73 Å². The monoisotopic (exact) mass is 306 g/mol. The van der Waals surface area contributed by atoms with Crippen molar-refractivity contribution in [3.63, 3.8) is 0 Å². The number of halogens is 3. The zero-order valence-electron chi connectivity index (χ0n) is 12.4. The summed E-state index contributed by atoms with van der Waals surface area (Å²) in [5.74, 6) is 0. The van der Waals surface area contributed by atoms with Gasteiger partial charge in [0.05, 0.1) is 6.54 Å². The maximum absolute atomic E-state index is 12.5. The van der Waals surface area contributed by atoms with Crippen LogP contribution in [0.4, 0.5) is 13.2 Å². The summed E-state index contributed by atoms with van der Waals surface area (Å²) in [4.78, 5) is 6.42. The van der Waals surface area contributed by atoms with Gasteiger partial charge in [-0.05, 0) is 25.8 Å². The van der Waals surface area contributed by atoms with Crippen LogP contribution in [0.5, 0.6) is 0 Å². The topological polar surface area (TPSA) is 35.7 Å². The van der Waals surface area contributed by atoms with Crippen molar-refractivity contribution in [3.05, 3.63) is 0 Å². The summed E-state index contributed by atoms with van der Waals surface area (Å²) in [6.45, 7) is 4.47. The van der Waals surface area contributed by atoms with Gasteiger partial charge in [0.15, 0.2) is 0 Å². The Morgan fingerprint density at radius 2 is 1.76 bits per heavy atom. The number of piperazine rings is 1. The third-order valence-corrected chi connectivity index (χ3v) is 5.57. The zero-order chi connectivity index (χ0) is 15.1. The normalized spacial score (nSPS) is 36.3. The molecule has 21 heavy (non-hydrogen) atoms. The van der Waals surface area contributed by atoms with Crippen LogP contribution in [0.2, 0.25) is 0 Å². The lowest BCUT2D eigenvalue weighted by atomic mass is 9.86. The van der Waals surface area contributed by atoms with Crippen LogP contribution in [0.1, 0.15) is 19.3 Å². The third kappa shape index (κ3) is 2.93. The molecule has 7 heteroatoms. The molecule has 2 unspecified atom stereocenters. The molecule has 122 valence electrons. The molecule has 0 spiro atoms. The highest BCUT2D eigenvalue weighted by molar-refractivity contribution is 5.10. The number of rotatable bonds is 3. The second-order valence-corrected chi connectivity index (χ2v) is 6.63. The quantitative estimate of drug-likeness (QED) is 0.834. The molecule has 0 radical (unpaired) electrons. The van der Waals surface area contributed by atoms with E-state index in [1.807, 2.05) is 0 Å². The Balaban J connectivity index is 1.63. The number of nitrogens with zero attached hydrogens (tertiary/aromatic N) is 3. The van der Waals surface area contributed by atoms with E-state index in [9.17, 15) is 13.2 Å². The number of nitrogens with two attached hydrogens (primary N) is 1. The Hall–Kier alpha value is -0.370. The van der Waals surface area contributed by atoms with Gasteiger partial charge in [-0.2, -0.15) is 13.2 Å². The van der Waals surface area contributed by atoms with Crippen molar-refractivity contribution in [2.75, 3.05) is 52.4 Å². The van der Waals surface area contributed by atoms with Crippen LogP contribution in [0.3, 0.4) is 0 Å². The molecule has 0 aromatic carbocycles. The van der Waals surface area contributed by atoms with Gasteiger partial charge < -0.3 is 5.73 Å². The van der Waals surface area contributed by atoms with Crippen LogP contribution in [0.25, 0.3) is 0 Å². The molecule has 0 aromatic rings. The predicted octanol–water partition coefficient (Wildman–Crippen LogP) is 0.732. The Morgan fingerprint density at radius 3 is 2.38 bits per heavy atom. The molecule has 3 aliphatic rings. The van der Waals surface area contributed by atoms with Gasteiger partial charge in [0, 0.05) is 50.8 Å². The maximum Gasteiger partial charge on any atom is 0.401 e. The highest BCUT2D eigenvalue weighted by Crippen LogP contribution is 2.40. The molecular weight excluding hydrogens is 281 g/mol. The van der Waals surface area contributed by atoms with Crippen molar-refractivity contribution in [1.29, 1.82) is 0 Å². The van der Waals surface area contributed by atoms with Crippen molar-refractivity contribution in [3.8, 4) is 0 Å². The van der Waals surface area contributed by atoms with Crippen LogP contribution >= 0.6 is 0 Å². The van der Waals surface area contributed by atoms with Crippen molar-refractivity contribution < 1.29 is 13.2 Å². The lowest BCUT2D eigenvalue weighted by Gasteiger charge is -2.48. The molecule has 0 amide bonds. The predicted molar refractivity (Wildman–Crippen MR) is 75.1 cm³/mol. The Kier molecular flexibility index (Phi) is 4.20. The fourth-order valence-electron chi connectivity index (χ4n) is 4.55. The maximum atomic E-state index is 12.5. The van der Waals surface area contributed by atoms with E-state index in [0.717, 1.165) is 19.5 Å². The minimum Gasteiger partial charge on any atom is -0.329 e. The van der Waals surface area contributed by atoms with Gasteiger partial charge in [-0.25, -0.2) is 0 Å². The molecule has 0 aliphatic carbocycles. The molecule has 3 heterocycles. The summed E-state index contributed by atoms with van der Waals surface area (Å²) < 4.78 is 37.4. The van der Waals surface area contributed by atoms with E-state index in [1.165, 1.54) is 17.7 Å². The summed E-state index contributed by atoms with van der Waals surface area (Å²) in [5, 5.41) is 0. The van der Waals surface area contributed by atoms with Crippen LogP contribution in [-0.4, -0.2) is 84.8 Å². The number of alkyl halides is 3. The second-order valence-electron chi connectivity index (χ2n) is 6.63. The fourth-order valence-corrected chi connectivity index (χ4v) is 4.55. The highest BCUT2D eigenvalue weighted by Gasteiger charge is 2.52. The molecular formula is C14H25F3N4. The summed E-state index contributed by atoms with van der Waals surface area (Å²) in [6, 6.07) is 0.511. The molecule has 3 fully saturated rings. The minimum atomic E-state index is -4.09. The molecule has 3 rings (SSSR count). The van der Waals surface area contributed by atoms with Gasteiger partial charge >= 0.3 is 6.18 Å². The van der Waals surface area contributed by atoms with Gasteiger partial charge in [-0.3, -0.25) is 14.7 Å². The minimum absolute atomic E-state index is 0.000816. The molecule has 2 atom stereocenters. The van der Waals surface area contributed by atoms with Gasteiger partial charge in [-0.1, -0.05) is 0 Å². The van der Waals surface area contributed by atoms with Crippen molar-refractivity contribution in [2.45, 2.75) is 37.0 Å². The second kappa shape index (κ2) is 5.68. The van der Waals surface area contributed by atoms with Gasteiger partial charge in [0.1, 0.15) is 0 Å². The van der Waals surface area contributed by atoms with Crippen LogP contribution < -0.4 is 5.73 Å². The smallest absolute Gasteiger partial charge is 0.329 e. The number of hydrogen-bond donors (Lipinski definition) is 1. The Labute approximate surface area is 124 Å². The van der Waals surface area contributed by atoms with Gasteiger partial charge in [0.2, 0.25) is 0 Å². The van der Waals surface area contributed by atoms with E-state index < -0.39 is 12.7 Å². The lowest BCUT2D eigenvalue weighted by Crippen LogP contribution is -2.64. The van der Waals surface area contributed by atoms with E-state index in [-0.39, 0.29) is 5.54 Å². The summed E-state index contributed by atoms with van der Waals surface area (Å²) in [7, 11) is 0. The molecule has 3 aliphatic heterocycles. The SMILES string of the molecule is NCC1(N2CCN(CC(F)(F)F)CC2)CCN2CCCC21. The highest BCUT2D eigenvalue weighted by atomic mass is 19.4. The molecule has 0 bridgehead atoms. The largest absolute Gasteiger partial charge is 0.401 e.